The van der Waals surface area contributed by atoms with Crippen molar-refractivity contribution in [2.45, 2.75) is 0 Å². The van der Waals surface area contributed by atoms with E-state index in [9.17, 15) is 9.90 Å². The van der Waals surface area contributed by atoms with Gasteiger partial charge < -0.3 is 14.9 Å². The molecule has 6 nitrogen and oxygen atoms in total. The van der Waals surface area contributed by atoms with Crippen molar-refractivity contribution in [3.8, 4) is 5.75 Å². The Balaban J connectivity index is 1.66. The van der Waals surface area contributed by atoms with Gasteiger partial charge in [0.05, 0.1) is 11.8 Å². The van der Waals surface area contributed by atoms with Gasteiger partial charge in [-0.3, -0.25) is 9.78 Å². The maximum Gasteiger partial charge on any atom is 0.257 e. The van der Waals surface area contributed by atoms with Gasteiger partial charge in [0.2, 0.25) is 0 Å². The molecular formula is C15H16N4O2. The molecule has 0 bridgehead atoms. The Morgan fingerprint density at radius 3 is 2.52 bits per heavy atom. The van der Waals surface area contributed by atoms with Crippen LogP contribution < -0.4 is 4.90 Å². The highest BCUT2D eigenvalue weighted by Crippen LogP contribution is 2.19. The monoisotopic (exact) mass is 284 g/mol. The minimum atomic E-state index is -0.133. The summed E-state index contributed by atoms with van der Waals surface area (Å²) in [5.74, 6) is 0.720. The molecule has 2 heterocycles. The first kappa shape index (κ1) is 13.4. The lowest BCUT2D eigenvalue weighted by Crippen LogP contribution is -2.49. The standard InChI is InChI=1S/C15H16N4O2/c20-13-4-2-1-3-12(13)15(21)19-9-7-18(8-10-19)14-11-16-5-6-17-14/h1-6,11,20H,7-10H2. The van der Waals surface area contributed by atoms with Gasteiger partial charge >= 0.3 is 0 Å². The Kier molecular flexibility index (Phi) is 3.68. The Morgan fingerprint density at radius 1 is 1.10 bits per heavy atom. The molecule has 0 atom stereocenters. The van der Waals surface area contributed by atoms with Gasteiger partial charge in [-0.15, -0.1) is 0 Å². The molecule has 0 aliphatic carbocycles. The van der Waals surface area contributed by atoms with Crippen molar-refractivity contribution in [3.63, 3.8) is 0 Å². The van der Waals surface area contributed by atoms with Gasteiger partial charge in [0.1, 0.15) is 11.6 Å². The average Bonchev–Trinajstić information content (AvgIpc) is 2.56. The topological polar surface area (TPSA) is 69.6 Å². The zero-order valence-electron chi connectivity index (χ0n) is 11.5. The molecule has 1 aliphatic rings. The largest absolute Gasteiger partial charge is 0.507 e. The first-order chi connectivity index (χ1) is 10.3. The van der Waals surface area contributed by atoms with E-state index in [1.54, 1.807) is 41.7 Å². The van der Waals surface area contributed by atoms with Gasteiger partial charge in [0, 0.05) is 38.6 Å². The number of hydrogen-bond donors (Lipinski definition) is 1. The molecule has 1 fully saturated rings. The van der Waals surface area contributed by atoms with Crippen molar-refractivity contribution < 1.29 is 9.90 Å². The van der Waals surface area contributed by atoms with E-state index < -0.39 is 0 Å². The summed E-state index contributed by atoms with van der Waals surface area (Å²) in [5.41, 5.74) is 0.352. The molecule has 0 spiro atoms. The fourth-order valence-corrected chi connectivity index (χ4v) is 2.42. The second-order valence-corrected chi connectivity index (χ2v) is 4.86. The highest BCUT2D eigenvalue weighted by Gasteiger charge is 2.24. The van der Waals surface area contributed by atoms with Crippen LogP contribution in [-0.4, -0.2) is 52.1 Å². The van der Waals surface area contributed by atoms with Crippen LogP contribution in [0.4, 0.5) is 5.82 Å². The number of hydrogen-bond acceptors (Lipinski definition) is 5. The minimum absolute atomic E-state index is 0.0267. The first-order valence-corrected chi connectivity index (χ1v) is 6.84. The number of anilines is 1. The third-order valence-corrected chi connectivity index (χ3v) is 3.57. The van der Waals surface area contributed by atoms with Crippen LogP contribution in [0.5, 0.6) is 5.75 Å². The fraction of sp³-hybridized carbons (Fsp3) is 0.267. The third-order valence-electron chi connectivity index (χ3n) is 3.57. The number of piperazine rings is 1. The van der Waals surface area contributed by atoms with Crippen molar-refractivity contribution in [2.75, 3.05) is 31.1 Å². The second-order valence-electron chi connectivity index (χ2n) is 4.86. The number of benzene rings is 1. The summed E-state index contributed by atoms with van der Waals surface area (Å²) in [6, 6.07) is 6.64. The van der Waals surface area contributed by atoms with Crippen LogP contribution in [0, 0.1) is 0 Å². The summed E-state index contributed by atoms with van der Waals surface area (Å²) in [4.78, 5) is 24.6. The summed E-state index contributed by atoms with van der Waals surface area (Å²) in [5, 5.41) is 9.77. The summed E-state index contributed by atoms with van der Waals surface area (Å²) < 4.78 is 0. The molecule has 1 aromatic carbocycles. The lowest BCUT2D eigenvalue weighted by molar-refractivity contribution is 0.0743. The van der Waals surface area contributed by atoms with Crippen molar-refractivity contribution in [1.29, 1.82) is 0 Å². The lowest BCUT2D eigenvalue weighted by atomic mass is 10.1. The van der Waals surface area contributed by atoms with Crippen molar-refractivity contribution in [3.05, 3.63) is 48.4 Å². The summed E-state index contributed by atoms with van der Waals surface area (Å²) in [6.07, 6.45) is 5.02. The average molecular weight is 284 g/mol. The van der Waals surface area contributed by atoms with Crippen LogP contribution in [0.2, 0.25) is 0 Å². The Bertz CT molecular complexity index is 625. The number of aromatic nitrogens is 2. The molecule has 1 N–H and O–H groups in total. The number of nitrogens with zero attached hydrogens (tertiary/aromatic N) is 4. The van der Waals surface area contributed by atoms with E-state index in [-0.39, 0.29) is 11.7 Å². The zero-order chi connectivity index (χ0) is 14.7. The summed E-state index contributed by atoms with van der Waals surface area (Å²) in [7, 11) is 0. The van der Waals surface area contributed by atoms with E-state index in [0.717, 1.165) is 5.82 Å². The number of rotatable bonds is 2. The highest BCUT2D eigenvalue weighted by molar-refractivity contribution is 5.96. The smallest absolute Gasteiger partial charge is 0.257 e. The quantitative estimate of drug-likeness (QED) is 0.895. The SMILES string of the molecule is O=C(c1ccccc1O)N1CCN(c2cnccn2)CC1. The van der Waals surface area contributed by atoms with E-state index in [1.807, 2.05) is 0 Å². The minimum Gasteiger partial charge on any atom is -0.507 e. The van der Waals surface area contributed by atoms with E-state index >= 15 is 0 Å². The molecule has 6 heteroatoms. The van der Waals surface area contributed by atoms with Crippen LogP contribution in [0.25, 0.3) is 0 Å². The number of aromatic hydroxyl groups is 1. The van der Waals surface area contributed by atoms with Gasteiger partial charge in [0.25, 0.3) is 5.91 Å². The number of amides is 1. The summed E-state index contributed by atoms with van der Waals surface area (Å²) in [6.45, 7) is 2.61. The molecule has 0 saturated carbocycles. The van der Waals surface area contributed by atoms with Gasteiger partial charge in [-0.1, -0.05) is 12.1 Å². The lowest BCUT2D eigenvalue weighted by Gasteiger charge is -2.35. The second kappa shape index (κ2) is 5.78. The predicted molar refractivity (Wildman–Crippen MR) is 78.3 cm³/mol. The van der Waals surface area contributed by atoms with E-state index in [2.05, 4.69) is 14.9 Å². The molecule has 0 unspecified atom stereocenters. The van der Waals surface area contributed by atoms with E-state index in [0.29, 0.717) is 31.7 Å². The Morgan fingerprint density at radius 2 is 1.86 bits per heavy atom. The first-order valence-electron chi connectivity index (χ1n) is 6.84. The van der Waals surface area contributed by atoms with E-state index in [4.69, 9.17) is 0 Å². The van der Waals surface area contributed by atoms with Crippen molar-refractivity contribution in [2.24, 2.45) is 0 Å². The highest BCUT2D eigenvalue weighted by atomic mass is 16.3. The van der Waals surface area contributed by atoms with E-state index in [1.165, 1.54) is 6.07 Å². The molecule has 1 aliphatic heterocycles. The molecule has 2 aromatic rings. The number of phenols is 1. The van der Waals surface area contributed by atoms with Crippen LogP contribution in [0.3, 0.4) is 0 Å². The normalized spacial score (nSPS) is 15.0. The molecule has 3 rings (SSSR count). The molecule has 108 valence electrons. The number of para-hydroxylation sites is 1. The molecule has 0 radical (unpaired) electrons. The number of carbonyl (C=O) groups excluding carboxylic acids is 1. The zero-order valence-corrected chi connectivity index (χ0v) is 11.5. The Labute approximate surface area is 122 Å². The number of phenolic OH excluding ortho intramolecular Hbond substituents is 1. The Hall–Kier alpha value is -2.63. The molecule has 1 aromatic heterocycles. The summed E-state index contributed by atoms with van der Waals surface area (Å²) >= 11 is 0. The molecular weight excluding hydrogens is 268 g/mol. The maximum atomic E-state index is 12.4. The fourth-order valence-electron chi connectivity index (χ4n) is 2.42. The van der Waals surface area contributed by atoms with Crippen molar-refractivity contribution >= 4 is 11.7 Å². The third kappa shape index (κ3) is 2.79. The van der Waals surface area contributed by atoms with Gasteiger partial charge in [-0.2, -0.15) is 0 Å². The molecule has 21 heavy (non-hydrogen) atoms. The van der Waals surface area contributed by atoms with Crippen LogP contribution in [0.1, 0.15) is 10.4 Å². The maximum absolute atomic E-state index is 12.4. The predicted octanol–water partition coefficient (Wildman–Crippen LogP) is 1.14. The van der Waals surface area contributed by atoms with Gasteiger partial charge in [-0.05, 0) is 12.1 Å². The number of carbonyl (C=O) groups is 1. The van der Waals surface area contributed by atoms with Crippen molar-refractivity contribution in [1.82, 2.24) is 14.9 Å². The van der Waals surface area contributed by atoms with Gasteiger partial charge in [0.15, 0.2) is 0 Å². The van der Waals surface area contributed by atoms with Gasteiger partial charge in [-0.25, -0.2) is 4.98 Å². The molecule has 1 amide bonds. The molecule has 1 saturated heterocycles. The van der Waals surface area contributed by atoms with Crippen LogP contribution in [0.15, 0.2) is 42.9 Å². The van der Waals surface area contributed by atoms with Crippen LogP contribution >= 0.6 is 0 Å². The van der Waals surface area contributed by atoms with Crippen LogP contribution in [-0.2, 0) is 0 Å².